The number of methoxy groups -OCH3 is 1. The first-order valence-corrected chi connectivity index (χ1v) is 17.4. The van der Waals surface area contributed by atoms with Gasteiger partial charge in [-0.2, -0.15) is 9.97 Å². The van der Waals surface area contributed by atoms with Gasteiger partial charge in [0, 0.05) is 50.8 Å². The molecule has 1 aromatic carbocycles. The Labute approximate surface area is 267 Å². The molecule has 1 saturated heterocycles. The fourth-order valence-corrected chi connectivity index (χ4v) is 8.00. The minimum Gasteiger partial charge on any atom is -0.611 e. The molecule has 12 heteroatoms. The van der Waals surface area contributed by atoms with Crippen LogP contribution in [-0.2, 0) is 22.4 Å². The number of fused-ring (bicyclic) bond motifs is 1. The summed E-state index contributed by atoms with van der Waals surface area (Å²) in [6, 6.07) is 7.18. The van der Waals surface area contributed by atoms with E-state index >= 15 is 0 Å². The molecule has 1 amide bonds. The maximum absolute atomic E-state index is 12.7. The van der Waals surface area contributed by atoms with Gasteiger partial charge in [-0.1, -0.05) is 0 Å². The molecule has 3 fully saturated rings. The van der Waals surface area contributed by atoms with E-state index in [4.69, 9.17) is 9.47 Å². The number of ether oxygens (including phenoxy) is 2. The Kier molecular flexibility index (Phi) is 9.93. The first kappa shape index (κ1) is 31.8. The van der Waals surface area contributed by atoms with E-state index in [0.717, 1.165) is 70.3 Å². The first-order valence-electron chi connectivity index (χ1n) is 16.1. The average Bonchev–Trinajstić information content (AvgIpc) is 3.43. The predicted molar refractivity (Wildman–Crippen MR) is 170 cm³/mol. The van der Waals surface area contributed by atoms with Crippen LogP contribution in [0.25, 0.3) is 0 Å². The fourth-order valence-electron chi connectivity index (χ4n) is 6.69. The summed E-state index contributed by atoms with van der Waals surface area (Å²) in [6.07, 6.45) is 10.1. The summed E-state index contributed by atoms with van der Waals surface area (Å²) >= 11 is -1.14. The number of aryl methyl sites for hydroxylation is 1. The number of piperazine rings is 1. The van der Waals surface area contributed by atoms with E-state index in [1.54, 1.807) is 31.4 Å². The van der Waals surface area contributed by atoms with E-state index in [2.05, 4.69) is 20.2 Å². The SMILES string of the molecule is COc1ccc(C(=O)/C=C/C(=O)N2CCN(CC3CCC(Oc4nc5c(c(NC6(CO)CCC6)n4)[S@+]([O-])CC5)CC3)CC2)cc1. The number of hydrogen-bond acceptors (Lipinski definition) is 10. The smallest absolute Gasteiger partial charge is 0.319 e. The number of rotatable bonds is 11. The number of anilines is 1. The number of nitrogens with zero attached hydrogens (tertiary/aromatic N) is 4. The van der Waals surface area contributed by atoms with Crippen molar-refractivity contribution in [3.8, 4) is 11.8 Å². The predicted octanol–water partition coefficient (Wildman–Crippen LogP) is 3.00. The third-order valence-electron chi connectivity index (χ3n) is 9.68. The Hall–Kier alpha value is -3.19. The average molecular weight is 638 g/mol. The quantitative estimate of drug-likeness (QED) is 0.215. The Morgan fingerprint density at radius 3 is 2.47 bits per heavy atom. The highest BCUT2D eigenvalue weighted by molar-refractivity contribution is 7.91. The number of aliphatic hydroxyl groups is 1. The number of aromatic nitrogens is 2. The van der Waals surface area contributed by atoms with E-state index < -0.39 is 16.7 Å². The van der Waals surface area contributed by atoms with E-state index in [0.29, 0.717) is 59.2 Å². The molecule has 3 heterocycles. The van der Waals surface area contributed by atoms with Gasteiger partial charge in [0.05, 0.1) is 19.3 Å². The van der Waals surface area contributed by atoms with Crippen molar-refractivity contribution < 1.29 is 28.7 Å². The van der Waals surface area contributed by atoms with Crippen molar-refractivity contribution in [3.63, 3.8) is 0 Å². The van der Waals surface area contributed by atoms with Gasteiger partial charge < -0.3 is 29.3 Å². The van der Waals surface area contributed by atoms with E-state index in [1.165, 1.54) is 12.2 Å². The number of nitrogens with one attached hydrogen (secondary N) is 1. The highest BCUT2D eigenvalue weighted by Gasteiger charge is 2.41. The molecule has 45 heavy (non-hydrogen) atoms. The lowest BCUT2D eigenvalue weighted by Gasteiger charge is -2.41. The third-order valence-corrected chi connectivity index (χ3v) is 11.1. The number of allylic oxidation sites excluding steroid dienone is 1. The van der Waals surface area contributed by atoms with Gasteiger partial charge in [0.2, 0.25) is 10.8 Å². The molecule has 6 rings (SSSR count). The lowest BCUT2D eigenvalue weighted by atomic mass is 9.77. The molecule has 0 spiro atoms. The maximum Gasteiger partial charge on any atom is 0.319 e. The Morgan fingerprint density at radius 1 is 1.09 bits per heavy atom. The van der Waals surface area contributed by atoms with Crippen LogP contribution in [0, 0.1) is 5.92 Å². The van der Waals surface area contributed by atoms with Crippen LogP contribution in [0.1, 0.15) is 61.0 Å². The van der Waals surface area contributed by atoms with E-state index in [9.17, 15) is 19.2 Å². The monoisotopic (exact) mass is 637 g/mol. The number of hydrogen-bond donors (Lipinski definition) is 2. The van der Waals surface area contributed by atoms with Crippen molar-refractivity contribution in [2.24, 2.45) is 5.92 Å². The molecule has 2 aliphatic carbocycles. The van der Waals surface area contributed by atoms with E-state index in [1.807, 2.05) is 4.90 Å². The second kappa shape index (κ2) is 14.1. The van der Waals surface area contributed by atoms with Gasteiger partial charge in [0.1, 0.15) is 23.3 Å². The largest absolute Gasteiger partial charge is 0.611 e. The number of carbonyl (C=O) groups is 2. The second-order valence-corrected chi connectivity index (χ2v) is 14.2. The lowest BCUT2D eigenvalue weighted by molar-refractivity contribution is -0.127. The Morgan fingerprint density at radius 2 is 1.82 bits per heavy atom. The van der Waals surface area contributed by atoms with Crippen LogP contribution in [0.3, 0.4) is 0 Å². The molecular formula is C33H43N5O6S. The number of carbonyl (C=O) groups excluding carboxylic acids is 2. The summed E-state index contributed by atoms with van der Waals surface area (Å²) < 4.78 is 24.1. The molecule has 1 atom stereocenters. The third kappa shape index (κ3) is 7.45. The first-order chi connectivity index (χ1) is 21.8. The Balaban J connectivity index is 0.946. The van der Waals surface area contributed by atoms with Gasteiger partial charge in [0.25, 0.3) is 0 Å². The summed E-state index contributed by atoms with van der Waals surface area (Å²) in [5.41, 5.74) is 0.916. The zero-order valence-corrected chi connectivity index (χ0v) is 26.7. The molecule has 242 valence electrons. The molecule has 0 radical (unpaired) electrons. The standard InChI is InChI=1S/C33H43N5O6S/c1-43-25-9-5-24(6-10-25)28(40)11-12-29(41)38-18-16-37(17-19-38)21-23-3-7-26(8-4-23)44-32-34-27-13-20-45(42)30(27)31(35-32)36-33(22-39)14-2-15-33/h5-6,9-12,23,26,39H,2-4,7-8,13-22H2,1H3,(H,34,35,36)/b12-11+/t23?,26?,45-/m1/s1. The fraction of sp³-hybridized carbons (Fsp3) is 0.576. The molecule has 4 aliphatic rings. The maximum atomic E-state index is 12.7. The van der Waals surface area contributed by atoms with Crippen LogP contribution in [0.4, 0.5) is 5.82 Å². The van der Waals surface area contributed by atoms with Crippen LogP contribution < -0.4 is 14.8 Å². The van der Waals surface area contributed by atoms with Crippen LogP contribution in [-0.4, -0.2) is 105 Å². The number of ketones is 1. The molecule has 1 aromatic heterocycles. The Bertz CT molecular complexity index is 1380. The molecule has 2 N–H and O–H groups in total. The van der Waals surface area contributed by atoms with Gasteiger partial charge >= 0.3 is 6.01 Å². The number of aliphatic hydroxyl groups excluding tert-OH is 1. The lowest BCUT2D eigenvalue weighted by Crippen LogP contribution is -2.49. The molecular weight excluding hydrogens is 594 g/mol. The summed E-state index contributed by atoms with van der Waals surface area (Å²) in [5, 5.41) is 13.4. The van der Waals surface area contributed by atoms with Gasteiger partial charge in [-0.3, -0.25) is 14.5 Å². The molecule has 0 unspecified atom stereocenters. The van der Waals surface area contributed by atoms with Crippen LogP contribution in [0.2, 0.25) is 0 Å². The van der Waals surface area contributed by atoms with Gasteiger partial charge in [-0.15, -0.1) is 0 Å². The van der Waals surface area contributed by atoms with Crippen LogP contribution in [0.15, 0.2) is 41.3 Å². The van der Waals surface area contributed by atoms with Crippen molar-refractivity contribution >= 4 is 28.7 Å². The number of amides is 1. The highest BCUT2D eigenvalue weighted by Crippen LogP contribution is 2.39. The minimum absolute atomic E-state index is 0.0212. The van der Waals surface area contributed by atoms with Crippen molar-refractivity contribution in [2.45, 2.75) is 67.9 Å². The molecule has 2 aromatic rings. The van der Waals surface area contributed by atoms with Gasteiger partial charge in [0.15, 0.2) is 11.6 Å². The molecule has 11 nitrogen and oxygen atoms in total. The van der Waals surface area contributed by atoms with Crippen LogP contribution >= 0.6 is 0 Å². The minimum atomic E-state index is -1.14. The summed E-state index contributed by atoms with van der Waals surface area (Å²) in [4.78, 5) is 39.4. The summed E-state index contributed by atoms with van der Waals surface area (Å²) in [7, 11) is 1.58. The zero-order valence-electron chi connectivity index (χ0n) is 25.9. The van der Waals surface area contributed by atoms with Crippen molar-refractivity contribution in [1.29, 1.82) is 0 Å². The topological polar surface area (TPSA) is 140 Å². The molecule has 2 saturated carbocycles. The van der Waals surface area contributed by atoms with Gasteiger partial charge in [-0.05, 0) is 92.4 Å². The normalized spacial score (nSPS) is 24.6. The van der Waals surface area contributed by atoms with E-state index in [-0.39, 0.29) is 24.4 Å². The van der Waals surface area contributed by atoms with Gasteiger partial charge in [-0.25, -0.2) is 0 Å². The van der Waals surface area contributed by atoms with Crippen molar-refractivity contribution in [1.82, 2.24) is 19.8 Å². The molecule has 2 aliphatic heterocycles. The highest BCUT2D eigenvalue weighted by atomic mass is 32.2. The van der Waals surface area contributed by atoms with Crippen LogP contribution in [0.5, 0.6) is 11.8 Å². The number of benzene rings is 1. The summed E-state index contributed by atoms with van der Waals surface area (Å²) in [5.74, 6) is 2.02. The second-order valence-electron chi connectivity index (χ2n) is 12.7. The van der Waals surface area contributed by atoms with Crippen molar-refractivity contribution in [3.05, 3.63) is 47.7 Å². The zero-order chi connectivity index (χ0) is 31.4. The molecule has 0 bridgehead atoms. The summed E-state index contributed by atoms with van der Waals surface area (Å²) in [6.45, 7) is 3.95. The van der Waals surface area contributed by atoms with Crippen molar-refractivity contribution in [2.75, 3.05) is 57.5 Å².